The first kappa shape index (κ1) is 20.1. The van der Waals surface area contributed by atoms with E-state index >= 15 is 0 Å². The van der Waals surface area contributed by atoms with Crippen molar-refractivity contribution in [3.8, 4) is 0 Å². The van der Waals surface area contributed by atoms with Crippen LogP contribution in [-0.2, 0) is 25.1 Å². The third kappa shape index (κ3) is 5.90. The minimum Gasteiger partial charge on any atom is -0.414 e. The van der Waals surface area contributed by atoms with Crippen LogP contribution in [0.3, 0.4) is 0 Å². The number of hydrogen-bond donors (Lipinski definition) is 0. The molecule has 0 aliphatic rings. The maximum atomic E-state index is 6.63. The lowest BCUT2D eigenvalue weighted by Crippen LogP contribution is -2.54. The smallest absolute Gasteiger partial charge is 0.330 e. The van der Waals surface area contributed by atoms with Crippen LogP contribution >= 0.6 is 0 Å². The molecule has 0 heterocycles. The fraction of sp³-hybridized carbons (Fsp3) is 0.400. The lowest BCUT2D eigenvalue weighted by atomic mass is 10.2. The van der Waals surface area contributed by atoms with Crippen LogP contribution in [0.25, 0.3) is 0 Å². The Kier molecular flexibility index (Phi) is 6.76. The third-order valence-corrected chi connectivity index (χ3v) is 11.9. The summed E-state index contributed by atoms with van der Waals surface area (Å²) in [4.78, 5) is 0. The van der Waals surface area contributed by atoms with Crippen LogP contribution in [0, 0.1) is 13.8 Å². The maximum absolute atomic E-state index is 6.63. The standard InChI is InChI=1S/C20H30O3Si2/c1-17-7-11-19(12-8-17)15-24(5,21-3)23-25(6,22-4)16-20-13-9-18(2)10-14-20/h7-14H,15-16H2,1-6H3. The zero-order valence-electron chi connectivity index (χ0n) is 16.3. The van der Waals surface area contributed by atoms with Crippen molar-refractivity contribution in [2.75, 3.05) is 14.2 Å². The number of rotatable bonds is 8. The average molecular weight is 375 g/mol. The lowest BCUT2D eigenvalue weighted by molar-refractivity contribution is 0.239. The second-order valence-corrected chi connectivity index (χ2v) is 14.0. The van der Waals surface area contributed by atoms with Gasteiger partial charge in [-0.2, -0.15) is 0 Å². The van der Waals surface area contributed by atoms with Gasteiger partial charge in [-0.15, -0.1) is 0 Å². The average Bonchev–Trinajstić information content (AvgIpc) is 2.59. The fourth-order valence-corrected chi connectivity index (χ4v) is 10.1. The van der Waals surface area contributed by atoms with Gasteiger partial charge >= 0.3 is 17.1 Å². The van der Waals surface area contributed by atoms with Crippen molar-refractivity contribution in [3.63, 3.8) is 0 Å². The van der Waals surface area contributed by atoms with E-state index in [0.717, 1.165) is 12.1 Å². The molecule has 2 atom stereocenters. The first-order valence-corrected chi connectivity index (χ1v) is 13.7. The van der Waals surface area contributed by atoms with Crippen molar-refractivity contribution in [1.82, 2.24) is 0 Å². The third-order valence-electron chi connectivity index (χ3n) is 4.59. The summed E-state index contributed by atoms with van der Waals surface area (Å²) in [5.41, 5.74) is 5.04. The Morgan fingerprint density at radius 3 is 1.24 bits per heavy atom. The first-order chi connectivity index (χ1) is 11.8. The Labute approximate surface area is 154 Å². The number of benzene rings is 2. The quantitative estimate of drug-likeness (QED) is 0.631. The molecule has 0 spiro atoms. The molecule has 0 saturated heterocycles. The van der Waals surface area contributed by atoms with Gasteiger partial charge in [-0.1, -0.05) is 59.7 Å². The summed E-state index contributed by atoms with van der Waals surface area (Å²) in [6.45, 7) is 8.46. The molecule has 2 unspecified atom stereocenters. The van der Waals surface area contributed by atoms with E-state index in [1.807, 2.05) is 0 Å². The van der Waals surface area contributed by atoms with Crippen molar-refractivity contribution in [2.45, 2.75) is 39.0 Å². The van der Waals surface area contributed by atoms with Crippen molar-refractivity contribution >= 4 is 17.1 Å². The van der Waals surface area contributed by atoms with Gasteiger partial charge in [0.2, 0.25) is 0 Å². The van der Waals surface area contributed by atoms with Gasteiger partial charge in [0.15, 0.2) is 0 Å². The van der Waals surface area contributed by atoms with Gasteiger partial charge in [-0.3, -0.25) is 0 Å². The van der Waals surface area contributed by atoms with Crippen LogP contribution in [0.1, 0.15) is 22.3 Å². The highest BCUT2D eigenvalue weighted by Crippen LogP contribution is 2.23. The van der Waals surface area contributed by atoms with E-state index in [1.54, 1.807) is 14.2 Å². The minimum absolute atomic E-state index is 0.823. The van der Waals surface area contributed by atoms with Crippen LogP contribution in [0.2, 0.25) is 13.1 Å². The summed E-state index contributed by atoms with van der Waals surface area (Å²) in [5.74, 6) is 0. The van der Waals surface area contributed by atoms with E-state index in [-0.39, 0.29) is 0 Å². The molecule has 0 N–H and O–H groups in total. The Morgan fingerprint density at radius 1 is 0.640 bits per heavy atom. The molecule has 2 aromatic carbocycles. The first-order valence-electron chi connectivity index (χ1n) is 8.69. The zero-order chi connectivity index (χ0) is 18.5. The summed E-state index contributed by atoms with van der Waals surface area (Å²) in [6, 6.07) is 18.8. The highest BCUT2D eigenvalue weighted by atomic mass is 28.5. The Balaban J connectivity index is 2.14. The summed E-state index contributed by atoms with van der Waals surface area (Å²) >= 11 is 0. The molecule has 5 heteroatoms. The normalized spacial score (nSPS) is 16.2. The molecular weight excluding hydrogens is 344 g/mol. The van der Waals surface area contributed by atoms with E-state index in [1.165, 1.54) is 22.3 Å². The molecule has 0 saturated carbocycles. The molecule has 0 aliphatic carbocycles. The summed E-state index contributed by atoms with van der Waals surface area (Å²) in [7, 11) is -1.21. The van der Waals surface area contributed by atoms with E-state index < -0.39 is 17.1 Å². The highest BCUT2D eigenvalue weighted by molar-refractivity contribution is 6.79. The van der Waals surface area contributed by atoms with Crippen LogP contribution in [0.15, 0.2) is 48.5 Å². The second-order valence-electron chi connectivity index (χ2n) is 7.10. The van der Waals surface area contributed by atoms with Gasteiger partial charge in [-0.05, 0) is 38.1 Å². The predicted octanol–water partition coefficient (Wildman–Crippen LogP) is 4.62. The Hall–Kier alpha value is -1.25. The van der Waals surface area contributed by atoms with Crippen LogP contribution < -0.4 is 0 Å². The fourth-order valence-electron chi connectivity index (χ4n) is 2.91. The van der Waals surface area contributed by atoms with Gasteiger partial charge in [0.05, 0.1) is 0 Å². The summed E-state index contributed by atoms with van der Waals surface area (Å²) < 4.78 is 18.4. The Bertz CT molecular complexity index is 613. The van der Waals surface area contributed by atoms with E-state index in [4.69, 9.17) is 13.0 Å². The SMILES string of the molecule is CO[Si](C)(Cc1ccc(C)cc1)O[Si](C)(Cc1ccc(C)cc1)OC. The maximum Gasteiger partial charge on any atom is 0.330 e. The molecule has 0 aromatic heterocycles. The monoisotopic (exact) mass is 374 g/mol. The molecule has 0 aliphatic heterocycles. The van der Waals surface area contributed by atoms with Crippen LogP contribution in [0.5, 0.6) is 0 Å². The van der Waals surface area contributed by atoms with Crippen molar-refractivity contribution < 1.29 is 13.0 Å². The van der Waals surface area contributed by atoms with Crippen molar-refractivity contribution in [1.29, 1.82) is 0 Å². The van der Waals surface area contributed by atoms with Gasteiger partial charge in [0, 0.05) is 26.3 Å². The van der Waals surface area contributed by atoms with Crippen molar-refractivity contribution in [3.05, 3.63) is 70.8 Å². The summed E-state index contributed by atoms with van der Waals surface area (Å²) in [6.07, 6.45) is 0. The van der Waals surface area contributed by atoms with Gasteiger partial charge in [-0.25, -0.2) is 0 Å². The second kappa shape index (κ2) is 8.42. The number of hydrogen-bond acceptors (Lipinski definition) is 3. The molecule has 136 valence electrons. The Morgan fingerprint density at radius 2 is 0.960 bits per heavy atom. The van der Waals surface area contributed by atoms with Crippen molar-refractivity contribution in [2.24, 2.45) is 0 Å². The largest absolute Gasteiger partial charge is 0.414 e. The molecule has 0 bridgehead atoms. The van der Waals surface area contributed by atoms with Gasteiger partial charge in [0.25, 0.3) is 0 Å². The molecule has 3 nitrogen and oxygen atoms in total. The van der Waals surface area contributed by atoms with E-state index in [9.17, 15) is 0 Å². The highest BCUT2D eigenvalue weighted by Gasteiger charge is 2.42. The van der Waals surface area contributed by atoms with E-state index in [0.29, 0.717) is 0 Å². The zero-order valence-corrected chi connectivity index (χ0v) is 18.3. The summed E-state index contributed by atoms with van der Waals surface area (Å²) in [5, 5.41) is 0. The van der Waals surface area contributed by atoms with Gasteiger partial charge < -0.3 is 13.0 Å². The number of aryl methyl sites for hydroxylation is 2. The minimum atomic E-state index is -2.37. The predicted molar refractivity (Wildman–Crippen MR) is 108 cm³/mol. The molecule has 0 radical (unpaired) electrons. The molecule has 2 rings (SSSR count). The lowest BCUT2D eigenvalue weighted by Gasteiger charge is -2.35. The van der Waals surface area contributed by atoms with Crippen LogP contribution in [-0.4, -0.2) is 31.3 Å². The molecular formula is C20H30O3Si2. The molecule has 25 heavy (non-hydrogen) atoms. The molecule has 2 aromatic rings. The topological polar surface area (TPSA) is 27.7 Å². The van der Waals surface area contributed by atoms with Gasteiger partial charge in [0.1, 0.15) is 0 Å². The molecule has 0 amide bonds. The molecule has 0 fully saturated rings. The van der Waals surface area contributed by atoms with Crippen LogP contribution in [0.4, 0.5) is 0 Å². The van der Waals surface area contributed by atoms with E-state index in [2.05, 4.69) is 75.5 Å².